The number of hydrogen-bond donors (Lipinski definition) is 1. The van der Waals surface area contributed by atoms with Gasteiger partial charge in [-0.2, -0.15) is 0 Å². The van der Waals surface area contributed by atoms with Crippen LogP contribution in [0, 0.1) is 12.8 Å². The fraction of sp³-hybridized carbons (Fsp3) is 0.400. The summed E-state index contributed by atoms with van der Waals surface area (Å²) in [7, 11) is 3.16. The molecule has 6 heteroatoms. The molecule has 6 nitrogen and oxygen atoms in total. The van der Waals surface area contributed by atoms with E-state index in [2.05, 4.69) is 11.8 Å². The van der Waals surface area contributed by atoms with Crippen LogP contribution < -0.4 is 14.2 Å². The average molecular weight is 424 g/mol. The van der Waals surface area contributed by atoms with Gasteiger partial charge in [-0.3, -0.25) is 9.69 Å². The number of phenolic OH excluding ortho intramolecular Hbond substituents is 1. The van der Waals surface area contributed by atoms with Gasteiger partial charge in [0.25, 0.3) is 0 Å². The van der Waals surface area contributed by atoms with E-state index in [1.54, 1.807) is 32.4 Å². The molecule has 0 amide bonds. The van der Waals surface area contributed by atoms with Gasteiger partial charge in [0.05, 0.1) is 25.3 Å². The number of benzene rings is 2. The van der Waals surface area contributed by atoms with Crippen LogP contribution in [0.1, 0.15) is 46.8 Å². The Morgan fingerprint density at radius 2 is 2.06 bits per heavy atom. The number of carbonyl (C=O) groups excluding carboxylic acids is 1. The van der Waals surface area contributed by atoms with Crippen molar-refractivity contribution in [3.63, 3.8) is 0 Å². The minimum atomic E-state index is -0.182. The molecule has 31 heavy (non-hydrogen) atoms. The van der Waals surface area contributed by atoms with E-state index in [0.29, 0.717) is 52.0 Å². The summed E-state index contributed by atoms with van der Waals surface area (Å²) in [6, 6.07) is 7.06. The number of fused-ring (bicyclic) bond motifs is 1. The molecule has 164 valence electrons. The average Bonchev–Trinajstić information content (AvgIpc) is 3.08. The molecule has 4 rings (SSSR count). The number of ether oxygens (including phenoxy) is 3. The summed E-state index contributed by atoms with van der Waals surface area (Å²) in [6.45, 7) is 6.58. The van der Waals surface area contributed by atoms with E-state index < -0.39 is 0 Å². The number of nitrogens with zero attached hydrogens (tertiary/aromatic N) is 1. The van der Waals surface area contributed by atoms with Crippen LogP contribution in [0.4, 0.5) is 0 Å². The standard InChI is InChI=1S/C25H29NO5/c1-15-6-5-9-26(13-15)14-19-20(27)10-16(2)23-24(28)22(31-25(19)23)11-17-7-8-18(29-3)12-21(17)30-4/h7-8,10-12,15,27H,5-6,9,13-14H2,1-4H3/b22-11+. The molecular weight excluding hydrogens is 394 g/mol. The van der Waals surface area contributed by atoms with Gasteiger partial charge in [-0.1, -0.05) is 6.92 Å². The van der Waals surface area contributed by atoms with Crippen LogP contribution >= 0.6 is 0 Å². The van der Waals surface area contributed by atoms with E-state index in [0.717, 1.165) is 19.5 Å². The second-order valence-electron chi connectivity index (χ2n) is 8.43. The quantitative estimate of drug-likeness (QED) is 0.711. The number of Topliss-reactive ketones (excluding diaryl/α,β-unsaturated/α-hetero) is 1. The highest BCUT2D eigenvalue weighted by Crippen LogP contribution is 2.43. The molecule has 2 aliphatic rings. The summed E-state index contributed by atoms with van der Waals surface area (Å²) in [5, 5.41) is 10.7. The molecule has 1 saturated heterocycles. The number of allylic oxidation sites excluding steroid dienone is 1. The smallest absolute Gasteiger partial charge is 0.232 e. The Kier molecular flexibility index (Phi) is 5.92. The molecule has 2 aromatic carbocycles. The first kappa shape index (κ1) is 21.2. The van der Waals surface area contributed by atoms with Crippen LogP contribution in [-0.2, 0) is 6.54 Å². The van der Waals surface area contributed by atoms with Gasteiger partial charge in [0.1, 0.15) is 23.0 Å². The van der Waals surface area contributed by atoms with Crippen LogP contribution in [0.15, 0.2) is 30.0 Å². The van der Waals surface area contributed by atoms with Gasteiger partial charge in [0.2, 0.25) is 5.78 Å². The Morgan fingerprint density at radius 3 is 2.77 bits per heavy atom. The molecular formula is C25H29NO5. The number of rotatable bonds is 5. The molecule has 2 heterocycles. The van der Waals surface area contributed by atoms with Crippen LogP contribution in [0.25, 0.3) is 6.08 Å². The van der Waals surface area contributed by atoms with Crippen LogP contribution in [0.3, 0.4) is 0 Å². The number of likely N-dealkylation sites (tertiary alicyclic amines) is 1. The maximum atomic E-state index is 13.2. The topological polar surface area (TPSA) is 68.2 Å². The van der Waals surface area contributed by atoms with Crippen molar-refractivity contribution in [2.75, 3.05) is 27.3 Å². The number of aromatic hydroxyl groups is 1. The predicted molar refractivity (Wildman–Crippen MR) is 119 cm³/mol. The molecule has 0 bridgehead atoms. The minimum Gasteiger partial charge on any atom is -0.507 e. The summed E-state index contributed by atoms with van der Waals surface area (Å²) in [5.74, 6) is 2.56. The highest BCUT2D eigenvalue weighted by molar-refractivity contribution is 6.16. The van der Waals surface area contributed by atoms with Crippen LogP contribution in [0.2, 0.25) is 0 Å². The molecule has 2 aliphatic heterocycles. The number of methoxy groups -OCH3 is 2. The fourth-order valence-corrected chi connectivity index (χ4v) is 4.47. The highest BCUT2D eigenvalue weighted by atomic mass is 16.5. The largest absolute Gasteiger partial charge is 0.507 e. The minimum absolute atomic E-state index is 0.172. The number of aryl methyl sites for hydroxylation is 1. The summed E-state index contributed by atoms with van der Waals surface area (Å²) >= 11 is 0. The molecule has 2 aromatic rings. The SMILES string of the molecule is COc1ccc(/C=C2/Oc3c(CN4CCCC(C)C4)c(O)cc(C)c3C2=O)c(OC)c1. The van der Waals surface area contributed by atoms with E-state index in [-0.39, 0.29) is 17.3 Å². The predicted octanol–water partition coefficient (Wildman–Crippen LogP) is 4.57. The van der Waals surface area contributed by atoms with Gasteiger partial charge in [-0.05, 0) is 62.1 Å². The zero-order valence-corrected chi connectivity index (χ0v) is 18.5. The first-order valence-corrected chi connectivity index (χ1v) is 10.6. The lowest BCUT2D eigenvalue weighted by atomic mass is 9.97. The first-order valence-electron chi connectivity index (χ1n) is 10.6. The summed E-state index contributed by atoms with van der Waals surface area (Å²) < 4.78 is 16.8. The molecule has 0 aliphatic carbocycles. The van der Waals surface area contributed by atoms with Gasteiger partial charge < -0.3 is 19.3 Å². The Morgan fingerprint density at radius 1 is 1.26 bits per heavy atom. The van der Waals surface area contributed by atoms with Gasteiger partial charge >= 0.3 is 0 Å². The molecule has 0 radical (unpaired) electrons. The third-order valence-corrected chi connectivity index (χ3v) is 6.07. The third kappa shape index (κ3) is 4.12. The summed E-state index contributed by atoms with van der Waals surface area (Å²) in [4.78, 5) is 15.5. The van der Waals surface area contributed by atoms with Gasteiger partial charge in [0.15, 0.2) is 5.76 Å². The van der Waals surface area contributed by atoms with Gasteiger partial charge in [0, 0.05) is 24.7 Å². The molecule has 0 saturated carbocycles. The van der Waals surface area contributed by atoms with Crippen molar-refractivity contribution in [1.82, 2.24) is 4.90 Å². The van der Waals surface area contributed by atoms with Crippen molar-refractivity contribution >= 4 is 11.9 Å². The normalized spacial score (nSPS) is 19.9. The van der Waals surface area contributed by atoms with Gasteiger partial charge in [-0.25, -0.2) is 0 Å². The summed E-state index contributed by atoms with van der Waals surface area (Å²) in [6.07, 6.45) is 4.04. The van der Waals surface area contributed by atoms with E-state index in [9.17, 15) is 9.90 Å². The van der Waals surface area contributed by atoms with Crippen molar-refractivity contribution in [3.05, 3.63) is 52.3 Å². The molecule has 1 fully saturated rings. The summed E-state index contributed by atoms with van der Waals surface area (Å²) in [5.41, 5.74) is 2.62. The second-order valence-corrected chi connectivity index (χ2v) is 8.43. The number of carbonyl (C=O) groups is 1. The maximum Gasteiger partial charge on any atom is 0.232 e. The zero-order chi connectivity index (χ0) is 22.1. The lowest BCUT2D eigenvalue weighted by Gasteiger charge is -2.31. The molecule has 0 spiro atoms. The molecule has 1 unspecified atom stereocenters. The highest BCUT2D eigenvalue weighted by Gasteiger charge is 2.34. The van der Waals surface area contributed by atoms with Crippen molar-refractivity contribution in [2.45, 2.75) is 33.2 Å². The van der Waals surface area contributed by atoms with Crippen molar-refractivity contribution in [2.24, 2.45) is 5.92 Å². The van der Waals surface area contributed by atoms with Crippen LogP contribution in [-0.4, -0.2) is 43.1 Å². The number of phenols is 1. The van der Waals surface area contributed by atoms with Crippen LogP contribution in [0.5, 0.6) is 23.0 Å². The lowest BCUT2D eigenvalue weighted by Crippen LogP contribution is -2.33. The second kappa shape index (κ2) is 8.63. The lowest BCUT2D eigenvalue weighted by molar-refractivity contribution is 0.101. The Balaban J connectivity index is 1.70. The number of ketones is 1. The third-order valence-electron chi connectivity index (χ3n) is 6.07. The number of piperidine rings is 1. The Hall–Kier alpha value is -2.99. The Bertz CT molecular complexity index is 1040. The van der Waals surface area contributed by atoms with E-state index >= 15 is 0 Å². The van der Waals surface area contributed by atoms with Crippen molar-refractivity contribution in [1.29, 1.82) is 0 Å². The Labute approximate surface area is 183 Å². The fourth-order valence-electron chi connectivity index (χ4n) is 4.47. The molecule has 0 aromatic heterocycles. The van der Waals surface area contributed by atoms with E-state index in [1.807, 2.05) is 19.1 Å². The zero-order valence-electron chi connectivity index (χ0n) is 18.5. The first-order chi connectivity index (χ1) is 14.9. The maximum absolute atomic E-state index is 13.2. The number of hydrogen-bond acceptors (Lipinski definition) is 6. The van der Waals surface area contributed by atoms with E-state index in [1.165, 1.54) is 6.42 Å². The van der Waals surface area contributed by atoms with Crippen molar-refractivity contribution in [3.8, 4) is 23.0 Å². The van der Waals surface area contributed by atoms with E-state index in [4.69, 9.17) is 14.2 Å². The van der Waals surface area contributed by atoms with Crippen molar-refractivity contribution < 1.29 is 24.1 Å². The molecule has 1 atom stereocenters. The molecule has 1 N–H and O–H groups in total. The monoisotopic (exact) mass is 423 g/mol. The van der Waals surface area contributed by atoms with Gasteiger partial charge in [-0.15, -0.1) is 0 Å².